The molecule has 2 atom stereocenters. The van der Waals surface area contributed by atoms with Crippen molar-refractivity contribution in [3.05, 3.63) is 0 Å². The van der Waals surface area contributed by atoms with E-state index in [1.165, 1.54) is 64.6 Å². The van der Waals surface area contributed by atoms with Crippen molar-refractivity contribution in [2.45, 2.75) is 51.0 Å². The molecule has 0 aromatic rings. The number of nitrogens with zero attached hydrogens (tertiary/aromatic N) is 1. The van der Waals surface area contributed by atoms with Crippen LogP contribution in [0.2, 0.25) is 0 Å². The summed E-state index contributed by atoms with van der Waals surface area (Å²) in [5.41, 5.74) is 6.17. The standard InChI is InChI=1S/C12H24N2/c13-12-7-3-2-6-11(12)10-14-8-4-1-5-9-14/h11-12H,1-10,13H2/t11-,12?/m0/s1. The fourth-order valence-corrected chi connectivity index (χ4v) is 2.94. The van der Waals surface area contributed by atoms with E-state index < -0.39 is 0 Å². The molecule has 2 heteroatoms. The van der Waals surface area contributed by atoms with Crippen LogP contribution in [0.1, 0.15) is 44.9 Å². The van der Waals surface area contributed by atoms with E-state index in [1.54, 1.807) is 0 Å². The van der Waals surface area contributed by atoms with Gasteiger partial charge in [-0.15, -0.1) is 0 Å². The monoisotopic (exact) mass is 196 g/mol. The van der Waals surface area contributed by atoms with Crippen LogP contribution in [0.15, 0.2) is 0 Å². The molecule has 0 bridgehead atoms. The zero-order chi connectivity index (χ0) is 9.80. The highest BCUT2D eigenvalue weighted by Gasteiger charge is 2.24. The van der Waals surface area contributed by atoms with Crippen molar-refractivity contribution in [1.82, 2.24) is 4.90 Å². The van der Waals surface area contributed by atoms with Gasteiger partial charge >= 0.3 is 0 Å². The number of likely N-dealkylation sites (tertiary alicyclic amines) is 1. The first kappa shape index (κ1) is 10.4. The highest BCUT2D eigenvalue weighted by Crippen LogP contribution is 2.24. The summed E-state index contributed by atoms with van der Waals surface area (Å²) >= 11 is 0. The lowest BCUT2D eigenvalue weighted by atomic mass is 9.84. The molecule has 0 spiro atoms. The molecule has 1 heterocycles. The SMILES string of the molecule is NC1CCCC[C@H]1CN1CCCCC1. The molecule has 2 nitrogen and oxygen atoms in total. The number of nitrogens with two attached hydrogens (primary N) is 1. The lowest BCUT2D eigenvalue weighted by Gasteiger charge is -2.35. The van der Waals surface area contributed by atoms with E-state index in [2.05, 4.69) is 4.90 Å². The first-order valence-corrected chi connectivity index (χ1v) is 6.34. The minimum absolute atomic E-state index is 0.491. The van der Waals surface area contributed by atoms with Crippen LogP contribution in [-0.4, -0.2) is 30.6 Å². The van der Waals surface area contributed by atoms with Crippen molar-refractivity contribution >= 4 is 0 Å². The van der Waals surface area contributed by atoms with Crippen LogP contribution in [-0.2, 0) is 0 Å². The summed E-state index contributed by atoms with van der Waals surface area (Å²) in [5, 5.41) is 0. The van der Waals surface area contributed by atoms with E-state index in [4.69, 9.17) is 5.73 Å². The van der Waals surface area contributed by atoms with E-state index in [-0.39, 0.29) is 0 Å². The second kappa shape index (κ2) is 5.13. The van der Waals surface area contributed by atoms with E-state index in [9.17, 15) is 0 Å². The van der Waals surface area contributed by atoms with Gasteiger partial charge in [0.2, 0.25) is 0 Å². The van der Waals surface area contributed by atoms with E-state index >= 15 is 0 Å². The van der Waals surface area contributed by atoms with Crippen LogP contribution < -0.4 is 5.73 Å². The third-order valence-corrected chi connectivity index (χ3v) is 3.91. The van der Waals surface area contributed by atoms with Gasteiger partial charge in [-0.2, -0.15) is 0 Å². The Morgan fingerprint density at radius 3 is 2.36 bits per heavy atom. The molecule has 1 saturated carbocycles. The van der Waals surface area contributed by atoms with Gasteiger partial charge in [0.1, 0.15) is 0 Å². The Morgan fingerprint density at radius 1 is 0.929 bits per heavy atom. The Bertz CT molecular complexity index is 164. The van der Waals surface area contributed by atoms with Crippen LogP contribution in [0, 0.1) is 5.92 Å². The molecule has 2 rings (SSSR count). The second-order valence-electron chi connectivity index (χ2n) is 5.07. The molecule has 0 aromatic carbocycles. The van der Waals surface area contributed by atoms with Gasteiger partial charge in [0.05, 0.1) is 0 Å². The molecule has 1 unspecified atom stereocenters. The first-order valence-electron chi connectivity index (χ1n) is 6.34. The number of hydrogen-bond acceptors (Lipinski definition) is 2. The molecule has 2 fully saturated rings. The average molecular weight is 196 g/mol. The maximum Gasteiger partial charge on any atom is 0.00793 e. The van der Waals surface area contributed by atoms with Crippen molar-refractivity contribution in [1.29, 1.82) is 0 Å². The van der Waals surface area contributed by atoms with Crippen LogP contribution in [0.4, 0.5) is 0 Å². The van der Waals surface area contributed by atoms with Crippen LogP contribution >= 0.6 is 0 Å². The largest absolute Gasteiger partial charge is 0.327 e. The van der Waals surface area contributed by atoms with Gasteiger partial charge in [-0.05, 0) is 44.7 Å². The Kier molecular flexibility index (Phi) is 3.82. The maximum absolute atomic E-state index is 6.17. The molecule has 1 aliphatic carbocycles. The first-order chi connectivity index (χ1) is 6.86. The fraction of sp³-hybridized carbons (Fsp3) is 1.00. The molecule has 1 saturated heterocycles. The minimum atomic E-state index is 0.491. The summed E-state index contributed by atoms with van der Waals surface area (Å²) in [6.45, 7) is 3.92. The molecular weight excluding hydrogens is 172 g/mol. The summed E-state index contributed by atoms with van der Waals surface area (Å²) in [5.74, 6) is 0.793. The van der Waals surface area contributed by atoms with E-state index in [1.807, 2.05) is 0 Å². The Hall–Kier alpha value is -0.0800. The Balaban J connectivity index is 1.76. The Morgan fingerprint density at radius 2 is 1.64 bits per heavy atom. The van der Waals surface area contributed by atoms with E-state index in [0.717, 1.165) is 5.92 Å². The number of rotatable bonds is 2. The smallest absolute Gasteiger partial charge is 0.00793 e. The van der Waals surface area contributed by atoms with Gasteiger partial charge in [-0.3, -0.25) is 0 Å². The second-order valence-corrected chi connectivity index (χ2v) is 5.07. The van der Waals surface area contributed by atoms with Crippen LogP contribution in [0.25, 0.3) is 0 Å². The predicted molar refractivity (Wildman–Crippen MR) is 60.2 cm³/mol. The molecule has 2 aliphatic rings. The van der Waals surface area contributed by atoms with Gasteiger partial charge in [0.25, 0.3) is 0 Å². The highest BCUT2D eigenvalue weighted by atomic mass is 15.1. The molecule has 0 radical (unpaired) electrons. The van der Waals surface area contributed by atoms with Gasteiger partial charge in [-0.25, -0.2) is 0 Å². The summed E-state index contributed by atoms with van der Waals surface area (Å²) in [7, 11) is 0. The number of hydrogen-bond donors (Lipinski definition) is 1. The van der Waals surface area contributed by atoms with Crippen molar-refractivity contribution < 1.29 is 0 Å². The quantitative estimate of drug-likeness (QED) is 0.732. The fourth-order valence-electron chi connectivity index (χ4n) is 2.94. The molecule has 1 aliphatic heterocycles. The minimum Gasteiger partial charge on any atom is -0.327 e. The third-order valence-electron chi connectivity index (χ3n) is 3.91. The molecule has 0 aromatic heterocycles. The van der Waals surface area contributed by atoms with Gasteiger partial charge in [0.15, 0.2) is 0 Å². The van der Waals surface area contributed by atoms with Crippen molar-refractivity contribution in [2.75, 3.05) is 19.6 Å². The van der Waals surface area contributed by atoms with Crippen LogP contribution in [0.5, 0.6) is 0 Å². The molecule has 2 N–H and O–H groups in total. The van der Waals surface area contributed by atoms with Gasteiger partial charge in [-0.1, -0.05) is 19.3 Å². The zero-order valence-electron chi connectivity index (χ0n) is 9.25. The third kappa shape index (κ3) is 2.71. The highest BCUT2D eigenvalue weighted by molar-refractivity contribution is 4.81. The van der Waals surface area contributed by atoms with Gasteiger partial charge in [0, 0.05) is 12.6 Å². The number of piperidine rings is 1. The maximum atomic E-state index is 6.17. The Labute approximate surface area is 87.8 Å². The van der Waals surface area contributed by atoms with Crippen molar-refractivity contribution in [3.8, 4) is 0 Å². The lowest BCUT2D eigenvalue weighted by Crippen LogP contribution is -2.42. The molecule has 82 valence electrons. The summed E-state index contributed by atoms with van der Waals surface area (Å²) in [6, 6.07) is 0.491. The summed E-state index contributed by atoms with van der Waals surface area (Å²) in [6.07, 6.45) is 9.65. The summed E-state index contributed by atoms with van der Waals surface area (Å²) in [4.78, 5) is 2.64. The average Bonchev–Trinajstić information content (AvgIpc) is 2.23. The zero-order valence-corrected chi connectivity index (χ0v) is 9.25. The normalized spacial score (nSPS) is 35.8. The van der Waals surface area contributed by atoms with Crippen molar-refractivity contribution in [3.63, 3.8) is 0 Å². The molecule has 0 amide bonds. The lowest BCUT2D eigenvalue weighted by molar-refractivity contribution is 0.161. The molecular formula is C12H24N2. The van der Waals surface area contributed by atoms with Crippen LogP contribution in [0.3, 0.4) is 0 Å². The van der Waals surface area contributed by atoms with Crippen molar-refractivity contribution in [2.24, 2.45) is 11.7 Å². The van der Waals surface area contributed by atoms with Gasteiger partial charge < -0.3 is 10.6 Å². The summed E-state index contributed by atoms with van der Waals surface area (Å²) < 4.78 is 0. The predicted octanol–water partition coefficient (Wildman–Crippen LogP) is 1.99. The topological polar surface area (TPSA) is 29.3 Å². The van der Waals surface area contributed by atoms with E-state index in [0.29, 0.717) is 6.04 Å². The molecule has 14 heavy (non-hydrogen) atoms.